The molecule has 1 heterocycles. The van der Waals surface area contributed by atoms with Crippen LogP contribution in [0.5, 0.6) is 0 Å². The highest BCUT2D eigenvalue weighted by molar-refractivity contribution is 7.14. The SMILES string of the molecule is Cc1cc(C)c(C(=O)c2cc3c(s2)CCC3)c(F)c1. The summed E-state index contributed by atoms with van der Waals surface area (Å²) in [5.41, 5.74) is 3.07. The molecule has 1 aromatic carbocycles. The summed E-state index contributed by atoms with van der Waals surface area (Å²) in [7, 11) is 0. The van der Waals surface area contributed by atoms with Crippen LogP contribution >= 0.6 is 11.3 Å². The molecule has 1 aliphatic rings. The number of hydrogen-bond acceptors (Lipinski definition) is 2. The molecule has 2 aromatic rings. The average molecular weight is 274 g/mol. The van der Waals surface area contributed by atoms with Crippen molar-refractivity contribution in [1.82, 2.24) is 0 Å². The monoisotopic (exact) mass is 274 g/mol. The zero-order valence-electron chi connectivity index (χ0n) is 11.0. The van der Waals surface area contributed by atoms with Gasteiger partial charge in [-0.05, 0) is 61.9 Å². The Morgan fingerprint density at radius 2 is 2.00 bits per heavy atom. The highest BCUT2D eigenvalue weighted by Gasteiger charge is 2.22. The zero-order valence-corrected chi connectivity index (χ0v) is 11.9. The van der Waals surface area contributed by atoms with Gasteiger partial charge in [0.15, 0.2) is 0 Å². The lowest BCUT2D eigenvalue weighted by Gasteiger charge is -2.06. The molecule has 1 nitrogen and oxygen atoms in total. The predicted octanol–water partition coefficient (Wildman–Crippen LogP) is 4.22. The van der Waals surface area contributed by atoms with Crippen LogP contribution in [0.3, 0.4) is 0 Å². The molecule has 0 amide bonds. The van der Waals surface area contributed by atoms with E-state index < -0.39 is 5.82 Å². The summed E-state index contributed by atoms with van der Waals surface area (Å²) in [5, 5.41) is 0. The number of rotatable bonds is 2. The number of ketones is 1. The first kappa shape index (κ1) is 12.5. The largest absolute Gasteiger partial charge is 0.288 e. The average Bonchev–Trinajstić information content (AvgIpc) is 2.86. The highest BCUT2D eigenvalue weighted by atomic mass is 32.1. The summed E-state index contributed by atoms with van der Waals surface area (Å²) in [5.74, 6) is -0.578. The summed E-state index contributed by atoms with van der Waals surface area (Å²) < 4.78 is 14.0. The van der Waals surface area contributed by atoms with Crippen LogP contribution in [0.4, 0.5) is 4.39 Å². The van der Waals surface area contributed by atoms with Gasteiger partial charge < -0.3 is 0 Å². The predicted molar refractivity (Wildman–Crippen MR) is 75.7 cm³/mol. The molecule has 0 atom stereocenters. The molecule has 0 unspecified atom stereocenters. The fourth-order valence-electron chi connectivity index (χ4n) is 2.77. The maximum absolute atomic E-state index is 14.0. The van der Waals surface area contributed by atoms with Gasteiger partial charge in [0.05, 0.1) is 10.4 Å². The fraction of sp³-hybridized carbons (Fsp3) is 0.312. The molecule has 98 valence electrons. The molecular formula is C16H15FOS. The fourth-order valence-corrected chi connectivity index (χ4v) is 3.97. The lowest BCUT2D eigenvalue weighted by atomic mass is 10.0. The normalized spacial score (nSPS) is 13.6. The van der Waals surface area contributed by atoms with Crippen LogP contribution in [-0.2, 0) is 12.8 Å². The summed E-state index contributed by atoms with van der Waals surface area (Å²) in [4.78, 5) is 14.5. The van der Waals surface area contributed by atoms with Crippen LogP contribution < -0.4 is 0 Å². The molecule has 0 N–H and O–H groups in total. The van der Waals surface area contributed by atoms with Crippen molar-refractivity contribution in [3.63, 3.8) is 0 Å². The van der Waals surface area contributed by atoms with Crippen LogP contribution in [0.25, 0.3) is 0 Å². The standard InChI is InChI=1S/C16H15FOS/c1-9-6-10(2)15(12(17)7-9)16(18)14-8-11-4-3-5-13(11)19-14/h6-8H,3-5H2,1-2H3. The van der Waals surface area contributed by atoms with E-state index in [1.165, 1.54) is 34.3 Å². The maximum Gasteiger partial charge on any atom is 0.206 e. The van der Waals surface area contributed by atoms with Crippen molar-refractivity contribution in [3.8, 4) is 0 Å². The van der Waals surface area contributed by atoms with Gasteiger partial charge in [-0.15, -0.1) is 11.3 Å². The second-order valence-corrected chi connectivity index (χ2v) is 6.32. The van der Waals surface area contributed by atoms with Crippen molar-refractivity contribution in [2.45, 2.75) is 33.1 Å². The minimum Gasteiger partial charge on any atom is -0.288 e. The minimum atomic E-state index is -0.406. The molecule has 0 saturated carbocycles. The highest BCUT2D eigenvalue weighted by Crippen LogP contribution is 2.32. The van der Waals surface area contributed by atoms with Gasteiger partial charge in [-0.25, -0.2) is 4.39 Å². The summed E-state index contributed by atoms with van der Waals surface area (Å²) in [6, 6.07) is 5.24. The Hall–Kier alpha value is -1.48. The van der Waals surface area contributed by atoms with E-state index in [9.17, 15) is 9.18 Å². The Morgan fingerprint density at radius 3 is 2.68 bits per heavy atom. The Kier molecular flexibility index (Phi) is 3.02. The van der Waals surface area contributed by atoms with Crippen molar-refractivity contribution < 1.29 is 9.18 Å². The van der Waals surface area contributed by atoms with Crippen LogP contribution in [-0.4, -0.2) is 5.78 Å². The molecule has 3 heteroatoms. The third kappa shape index (κ3) is 2.12. The van der Waals surface area contributed by atoms with Crippen LogP contribution in [0.2, 0.25) is 0 Å². The van der Waals surface area contributed by atoms with Gasteiger partial charge in [0.2, 0.25) is 5.78 Å². The maximum atomic E-state index is 14.0. The first-order valence-electron chi connectivity index (χ1n) is 6.49. The number of carbonyl (C=O) groups excluding carboxylic acids is 1. The molecule has 0 saturated heterocycles. The van der Waals surface area contributed by atoms with E-state index in [4.69, 9.17) is 0 Å². The van der Waals surface area contributed by atoms with E-state index in [0.717, 1.165) is 24.0 Å². The van der Waals surface area contributed by atoms with E-state index in [0.29, 0.717) is 4.88 Å². The van der Waals surface area contributed by atoms with E-state index in [1.807, 2.05) is 19.1 Å². The van der Waals surface area contributed by atoms with Crippen molar-refractivity contribution in [3.05, 3.63) is 56.0 Å². The van der Waals surface area contributed by atoms with E-state index in [1.54, 1.807) is 6.92 Å². The van der Waals surface area contributed by atoms with Crippen LogP contribution in [0.15, 0.2) is 18.2 Å². The lowest BCUT2D eigenvalue weighted by molar-refractivity contribution is 0.103. The molecule has 0 aliphatic heterocycles. The third-order valence-corrected chi connectivity index (χ3v) is 4.87. The van der Waals surface area contributed by atoms with Gasteiger partial charge >= 0.3 is 0 Å². The van der Waals surface area contributed by atoms with Crippen molar-refractivity contribution in [1.29, 1.82) is 0 Å². The first-order chi connectivity index (χ1) is 9.06. The second-order valence-electron chi connectivity index (χ2n) is 5.18. The van der Waals surface area contributed by atoms with Crippen LogP contribution in [0, 0.1) is 19.7 Å². The third-order valence-electron chi connectivity index (χ3n) is 3.63. The number of hydrogen-bond donors (Lipinski definition) is 0. The van der Waals surface area contributed by atoms with E-state index >= 15 is 0 Å². The zero-order chi connectivity index (χ0) is 13.6. The molecule has 0 fully saturated rings. The van der Waals surface area contributed by atoms with Crippen molar-refractivity contribution >= 4 is 17.1 Å². The molecule has 3 rings (SSSR count). The Morgan fingerprint density at radius 1 is 1.21 bits per heavy atom. The number of aryl methyl sites for hydroxylation is 4. The number of thiophene rings is 1. The quantitative estimate of drug-likeness (QED) is 0.749. The minimum absolute atomic E-state index is 0.172. The summed E-state index contributed by atoms with van der Waals surface area (Å²) in [6.07, 6.45) is 3.28. The first-order valence-corrected chi connectivity index (χ1v) is 7.31. The Labute approximate surface area is 116 Å². The Bertz CT molecular complexity index is 625. The van der Waals surface area contributed by atoms with Gasteiger partial charge in [-0.2, -0.15) is 0 Å². The van der Waals surface area contributed by atoms with Crippen molar-refractivity contribution in [2.75, 3.05) is 0 Å². The molecule has 0 radical (unpaired) electrons. The van der Waals surface area contributed by atoms with Gasteiger partial charge in [-0.3, -0.25) is 4.79 Å². The van der Waals surface area contributed by atoms with Crippen molar-refractivity contribution in [2.24, 2.45) is 0 Å². The second kappa shape index (κ2) is 4.57. The van der Waals surface area contributed by atoms with Gasteiger partial charge in [0, 0.05) is 4.88 Å². The van der Waals surface area contributed by atoms with Crippen LogP contribution in [0.1, 0.15) is 43.2 Å². The molecule has 1 aliphatic carbocycles. The summed E-state index contributed by atoms with van der Waals surface area (Å²) in [6.45, 7) is 3.63. The van der Waals surface area contributed by atoms with E-state index in [-0.39, 0.29) is 11.3 Å². The molecule has 1 aromatic heterocycles. The number of halogens is 1. The van der Waals surface area contributed by atoms with Gasteiger partial charge in [0.25, 0.3) is 0 Å². The topological polar surface area (TPSA) is 17.1 Å². The van der Waals surface area contributed by atoms with Gasteiger partial charge in [-0.1, -0.05) is 6.07 Å². The van der Waals surface area contributed by atoms with Gasteiger partial charge in [0.1, 0.15) is 5.82 Å². The number of fused-ring (bicyclic) bond motifs is 1. The molecule has 0 spiro atoms. The Balaban J connectivity index is 2.04. The smallest absolute Gasteiger partial charge is 0.206 e. The number of carbonyl (C=O) groups is 1. The number of benzene rings is 1. The summed E-state index contributed by atoms with van der Waals surface area (Å²) >= 11 is 1.53. The lowest BCUT2D eigenvalue weighted by Crippen LogP contribution is -2.06. The molecular weight excluding hydrogens is 259 g/mol. The molecule has 0 bridgehead atoms. The molecule has 19 heavy (non-hydrogen) atoms. The van der Waals surface area contributed by atoms with E-state index in [2.05, 4.69) is 0 Å².